The van der Waals surface area contributed by atoms with Crippen molar-refractivity contribution in [3.63, 3.8) is 0 Å². The van der Waals surface area contributed by atoms with Crippen molar-refractivity contribution in [2.75, 3.05) is 46.5 Å². The van der Waals surface area contributed by atoms with Gasteiger partial charge in [0.15, 0.2) is 0 Å². The summed E-state index contributed by atoms with van der Waals surface area (Å²) in [5.74, 6) is 0.825. The van der Waals surface area contributed by atoms with Crippen molar-refractivity contribution in [2.45, 2.75) is 12.5 Å². The lowest BCUT2D eigenvalue weighted by atomic mass is 10.0. The van der Waals surface area contributed by atoms with Gasteiger partial charge in [-0.05, 0) is 17.7 Å². The van der Waals surface area contributed by atoms with Crippen molar-refractivity contribution in [1.29, 1.82) is 0 Å². The second-order valence-electron chi connectivity index (χ2n) is 5.28. The van der Waals surface area contributed by atoms with Gasteiger partial charge >= 0.3 is 0 Å². The molecule has 0 radical (unpaired) electrons. The zero-order valence-electron chi connectivity index (χ0n) is 13.1. The average molecular weight is 307 g/mol. The van der Waals surface area contributed by atoms with E-state index in [1.54, 1.807) is 7.11 Å². The van der Waals surface area contributed by atoms with Crippen LogP contribution in [-0.2, 0) is 9.53 Å². The molecule has 6 nitrogen and oxygen atoms in total. The Kier molecular flexibility index (Phi) is 6.64. The second-order valence-corrected chi connectivity index (χ2v) is 5.28. The number of nitrogens with two attached hydrogens (primary N) is 1. The Labute approximate surface area is 131 Å². The fraction of sp³-hybridized carbons (Fsp3) is 0.562. The smallest absolute Gasteiger partial charge is 0.221 e. The Morgan fingerprint density at radius 3 is 2.64 bits per heavy atom. The zero-order valence-corrected chi connectivity index (χ0v) is 13.1. The van der Waals surface area contributed by atoms with E-state index in [0.717, 1.165) is 37.6 Å². The van der Waals surface area contributed by atoms with Crippen LogP contribution in [0.1, 0.15) is 18.0 Å². The largest absolute Gasteiger partial charge is 0.497 e. The topological polar surface area (TPSA) is 76.8 Å². The highest BCUT2D eigenvalue weighted by atomic mass is 16.5. The molecule has 1 unspecified atom stereocenters. The molecule has 1 aliphatic rings. The summed E-state index contributed by atoms with van der Waals surface area (Å²) in [6.07, 6.45) is 0.360. The molecule has 1 amide bonds. The molecule has 0 saturated carbocycles. The van der Waals surface area contributed by atoms with Gasteiger partial charge in [0.25, 0.3) is 0 Å². The van der Waals surface area contributed by atoms with Gasteiger partial charge in [-0.15, -0.1) is 0 Å². The van der Waals surface area contributed by atoms with Crippen LogP contribution in [0, 0.1) is 0 Å². The number of amides is 1. The minimum atomic E-state index is -0.00530. The van der Waals surface area contributed by atoms with Crippen molar-refractivity contribution in [3.05, 3.63) is 29.8 Å². The normalized spacial score (nSPS) is 17.0. The van der Waals surface area contributed by atoms with E-state index >= 15 is 0 Å². The van der Waals surface area contributed by atoms with Crippen LogP contribution in [0.2, 0.25) is 0 Å². The minimum Gasteiger partial charge on any atom is -0.497 e. The van der Waals surface area contributed by atoms with Gasteiger partial charge < -0.3 is 20.5 Å². The Morgan fingerprint density at radius 1 is 1.36 bits per heavy atom. The van der Waals surface area contributed by atoms with Crippen LogP contribution >= 0.6 is 0 Å². The Bertz CT molecular complexity index is 458. The molecule has 6 heteroatoms. The lowest BCUT2D eigenvalue weighted by Crippen LogP contribution is -2.44. The number of carbonyl (C=O) groups excluding carboxylic acids is 1. The van der Waals surface area contributed by atoms with Crippen LogP contribution in [0.15, 0.2) is 24.3 Å². The Balaban J connectivity index is 2.07. The maximum absolute atomic E-state index is 11.7. The number of hydrogen-bond donors (Lipinski definition) is 2. The number of ether oxygens (including phenoxy) is 2. The first-order chi connectivity index (χ1) is 10.7. The standard InChI is InChI=1S/C16H25N3O3/c1-21-14-4-2-13(3-5-14)15(12-18-16(20)6-7-17)19-8-10-22-11-9-19/h2-5,15H,6-12,17H2,1H3,(H,18,20). The molecule has 1 fully saturated rings. The van der Waals surface area contributed by atoms with Crippen LogP contribution < -0.4 is 15.8 Å². The molecule has 22 heavy (non-hydrogen) atoms. The molecule has 1 aromatic rings. The molecule has 0 aliphatic carbocycles. The third-order valence-corrected chi connectivity index (χ3v) is 3.85. The van der Waals surface area contributed by atoms with Crippen molar-refractivity contribution in [1.82, 2.24) is 10.2 Å². The SMILES string of the molecule is COc1ccc(C(CNC(=O)CCN)N2CCOCC2)cc1. The van der Waals surface area contributed by atoms with Gasteiger partial charge in [0.05, 0.1) is 26.4 Å². The lowest BCUT2D eigenvalue weighted by Gasteiger charge is -2.35. The van der Waals surface area contributed by atoms with E-state index in [-0.39, 0.29) is 11.9 Å². The molecular weight excluding hydrogens is 282 g/mol. The monoisotopic (exact) mass is 307 g/mol. The van der Waals surface area contributed by atoms with E-state index in [1.165, 1.54) is 0 Å². The Hall–Kier alpha value is -1.63. The summed E-state index contributed by atoms with van der Waals surface area (Å²) in [5.41, 5.74) is 6.58. The number of morpholine rings is 1. The first kappa shape index (κ1) is 16.7. The quantitative estimate of drug-likeness (QED) is 0.768. The summed E-state index contributed by atoms with van der Waals surface area (Å²) in [7, 11) is 1.65. The van der Waals surface area contributed by atoms with E-state index in [9.17, 15) is 4.79 Å². The van der Waals surface area contributed by atoms with Crippen LogP contribution in [-0.4, -0.2) is 57.3 Å². The summed E-state index contributed by atoms with van der Waals surface area (Å²) in [4.78, 5) is 14.0. The molecule has 0 spiro atoms. The van der Waals surface area contributed by atoms with Gasteiger partial charge in [-0.2, -0.15) is 0 Å². The third-order valence-electron chi connectivity index (χ3n) is 3.85. The van der Waals surface area contributed by atoms with Crippen LogP contribution in [0.25, 0.3) is 0 Å². The molecule has 1 atom stereocenters. The Morgan fingerprint density at radius 2 is 2.05 bits per heavy atom. The molecule has 0 aromatic heterocycles. The molecule has 122 valence electrons. The van der Waals surface area contributed by atoms with Gasteiger partial charge in [0, 0.05) is 32.6 Å². The van der Waals surface area contributed by atoms with Gasteiger partial charge in [-0.25, -0.2) is 0 Å². The molecule has 1 heterocycles. The lowest BCUT2D eigenvalue weighted by molar-refractivity contribution is -0.121. The van der Waals surface area contributed by atoms with Crippen molar-refractivity contribution in [3.8, 4) is 5.75 Å². The first-order valence-electron chi connectivity index (χ1n) is 7.67. The van der Waals surface area contributed by atoms with E-state index in [1.807, 2.05) is 24.3 Å². The fourth-order valence-corrected chi connectivity index (χ4v) is 2.60. The van der Waals surface area contributed by atoms with Gasteiger partial charge in [-0.3, -0.25) is 9.69 Å². The summed E-state index contributed by atoms with van der Waals surface area (Å²) < 4.78 is 10.6. The first-order valence-corrected chi connectivity index (χ1v) is 7.67. The predicted molar refractivity (Wildman–Crippen MR) is 84.8 cm³/mol. The van der Waals surface area contributed by atoms with Gasteiger partial charge in [-0.1, -0.05) is 12.1 Å². The molecule has 1 aliphatic heterocycles. The minimum absolute atomic E-state index is 0.00530. The van der Waals surface area contributed by atoms with E-state index in [4.69, 9.17) is 15.2 Å². The molecule has 2 rings (SSSR count). The highest BCUT2D eigenvalue weighted by Gasteiger charge is 2.23. The maximum Gasteiger partial charge on any atom is 0.221 e. The molecular formula is C16H25N3O3. The van der Waals surface area contributed by atoms with Gasteiger partial charge in [0.1, 0.15) is 5.75 Å². The number of nitrogens with one attached hydrogen (secondary N) is 1. The summed E-state index contributed by atoms with van der Waals surface area (Å²) in [5, 5.41) is 2.98. The molecule has 3 N–H and O–H groups in total. The van der Waals surface area contributed by atoms with Crippen LogP contribution in [0.4, 0.5) is 0 Å². The number of carbonyl (C=O) groups is 1. The number of nitrogens with zero attached hydrogens (tertiary/aromatic N) is 1. The van der Waals surface area contributed by atoms with E-state index in [2.05, 4.69) is 10.2 Å². The highest BCUT2D eigenvalue weighted by Crippen LogP contribution is 2.23. The van der Waals surface area contributed by atoms with Crippen molar-refractivity contribution in [2.24, 2.45) is 5.73 Å². The van der Waals surface area contributed by atoms with Crippen LogP contribution in [0.3, 0.4) is 0 Å². The molecule has 1 saturated heterocycles. The van der Waals surface area contributed by atoms with Crippen molar-refractivity contribution >= 4 is 5.91 Å². The van der Waals surface area contributed by atoms with E-state index < -0.39 is 0 Å². The van der Waals surface area contributed by atoms with E-state index in [0.29, 0.717) is 19.5 Å². The zero-order chi connectivity index (χ0) is 15.8. The van der Waals surface area contributed by atoms with Crippen molar-refractivity contribution < 1.29 is 14.3 Å². The summed E-state index contributed by atoms with van der Waals surface area (Å²) >= 11 is 0. The summed E-state index contributed by atoms with van der Waals surface area (Å²) in [6, 6.07) is 8.13. The van der Waals surface area contributed by atoms with Gasteiger partial charge in [0.2, 0.25) is 5.91 Å². The number of benzene rings is 1. The number of hydrogen-bond acceptors (Lipinski definition) is 5. The number of methoxy groups -OCH3 is 1. The number of rotatable bonds is 7. The highest BCUT2D eigenvalue weighted by molar-refractivity contribution is 5.76. The van der Waals surface area contributed by atoms with Crippen LogP contribution in [0.5, 0.6) is 5.75 Å². The molecule has 0 bridgehead atoms. The molecule has 1 aromatic carbocycles. The average Bonchev–Trinajstić information content (AvgIpc) is 2.57. The third kappa shape index (κ3) is 4.69. The maximum atomic E-state index is 11.7. The summed E-state index contributed by atoms with van der Waals surface area (Å²) in [6.45, 7) is 4.13. The fourth-order valence-electron chi connectivity index (χ4n) is 2.60. The predicted octanol–water partition coefficient (Wildman–Crippen LogP) is 0.534. The second kappa shape index (κ2) is 8.73.